The first kappa shape index (κ1) is 9.01. The number of hydrogen-bond donors (Lipinski definition) is 1. The molecular weight excluding hydrogens is 138 g/mol. The Morgan fingerprint density at radius 3 is 2.00 bits per heavy atom. The van der Waals surface area contributed by atoms with E-state index in [0.717, 1.165) is 13.1 Å². The van der Waals surface area contributed by atoms with Crippen LogP contribution in [-0.4, -0.2) is 25.8 Å². The Hall–Kier alpha value is -0.0800. The lowest BCUT2D eigenvalue weighted by atomic mass is 9.77. The molecule has 0 saturated carbocycles. The fourth-order valence-electron chi connectivity index (χ4n) is 1.81. The van der Waals surface area contributed by atoms with Gasteiger partial charge in [0.2, 0.25) is 0 Å². The highest BCUT2D eigenvalue weighted by atomic mass is 16.5. The maximum atomic E-state index is 5.56. The van der Waals surface area contributed by atoms with Gasteiger partial charge in [-0.1, -0.05) is 13.8 Å². The third-order valence-electron chi connectivity index (χ3n) is 3.30. The summed E-state index contributed by atoms with van der Waals surface area (Å²) in [6.07, 6.45) is 0. The fraction of sp³-hybridized carbons (Fsp3) is 1.00. The van der Waals surface area contributed by atoms with Crippen molar-refractivity contribution >= 4 is 0 Å². The minimum Gasteiger partial charge on any atom is -0.378 e. The van der Waals surface area contributed by atoms with Gasteiger partial charge >= 0.3 is 0 Å². The molecule has 0 aliphatic carbocycles. The molecular formula is C9H19NO. The second-order valence-electron chi connectivity index (χ2n) is 3.85. The molecule has 3 atom stereocenters. The summed E-state index contributed by atoms with van der Waals surface area (Å²) in [5.74, 6) is 1.22. The van der Waals surface area contributed by atoms with Gasteiger partial charge in [0.05, 0.1) is 5.60 Å². The Morgan fingerprint density at radius 2 is 1.73 bits per heavy atom. The van der Waals surface area contributed by atoms with Crippen LogP contribution in [0.2, 0.25) is 0 Å². The van der Waals surface area contributed by atoms with Gasteiger partial charge < -0.3 is 10.1 Å². The Balaban J connectivity index is 2.69. The fourth-order valence-corrected chi connectivity index (χ4v) is 1.81. The normalized spacial score (nSPS) is 45.8. The van der Waals surface area contributed by atoms with Crippen molar-refractivity contribution in [3.8, 4) is 0 Å². The molecule has 0 aromatic heterocycles. The average Bonchev–Trinajstić information content (AvgIpc) is 2.00. The minimum absolute atomic E-state index is 0.0747. The molecule has 0 spiro atoms. The van der Waals surface area contributed by atoms with Gasteiger partial charge in [-0.2, -0.15) is 0 Å². The number of piperidine rings is 1. The van der Waals surface area contributed by atoms with E-state index in [9.17, 15) is 0 Å². The molecule has 0 aromatic carbocycles. The number of ether oxygens (including phenoxy) is 1. The monoisotopic (exact) mass is 157 g/mol. The Labute approximate surface area is 69.3 Å². The Morgan fingerprint density at radius 1 is 1.27 bits per heavy atom. The Bertz CT molecular complexity index is 126. The maximum Gasteiger partial charge on any atom is 0.0725 e. The van der Waals surface area contributed by atoms with Crippen LogP contribution in [0.15, 0.2) is 0 Å². The molecule has 0 amide bonds. The molecule has 1 N–H and O–H groups in total. The lowest BCUT2D eigenvalue weighted by molar-refractivity contribution is -0.0910. The molecule has 1 fully saturated rings. The molecule has 1 heterocycles. The van der Waals surface area contributed by atoms with Gasteiger partial charge in [0, 0.05) is 20.2 Å². The topological polar surface area (TPSA) is 21.3 Å². The smallest absolute Gasteiger partial charge is 0.0725 e. The van der Waals surface area contributed by atoms with Crippen LogP contribution in [0.1, 0.15) is 20.8 Å². The summed E-state index contributed by atoms with van der Waals surface area (Å²) < 4.78 is 5.56. The van der Waals surface area contributed by atoms with E-state index in [0.29, 0.717) is 11.8 Å². The summed E-state index contributed by atoms with van der Waals surface area (Å²) in [6, 6.07) is 0. The van der Waals surface area contributed by atoms with Gasteiger partial charge in [-0.25, -0.2) is 0 Å². The van der Waals surface area contributed by atoms with E-state index in [2.05, 4.69) is 26.1 Å². The van der Waals surface area contributed by atoms with Gasteiger partial charge in [0.25, 0.3) is 0 Å². The van der Waals surface area contributed by atoms with Gasteiger partial charge in [0.15, 0.2) is 0 Å². The SMILES string of the molecule is COC1(C)[C@H](C)CNC[C@@H]1C. The third-order valence-corrected chi connectivity index (χ3v) is 3.30. The molecule has 1 unspecified atom stereocenters. The molecule has 0 aromatic rings. The van der Waals surface area contributed by atoms with Gasteiger partial charge in [-0.15, -0.1) is 0 Å². The van der Waals surface area contributed by atoms with E-state index in [-0.39, 0.29) is 5.60 Å². The van der Waals surface area contributed by atoms with Crippen molar-refractivity contribution in [3.63, 3.8) is 0 Å². The lowest BCUT2D eigenvalue weighted by Crippen LogP contribution is -2.54. The second kappa shape index (κ2) is 3.11. The third kappa shape index (κ3) is 1.42. The largest absolute Gasteiger partial charge is 0.378 e. The Kier molecular flexibility index (Phi) is 2.55. The van der Waals surface area contributed by atoms with E-state index >= 15 is 0 Å². The van der Waals surface area contributed by atoms with Crippen LogP contribution in [0.4, 0.5) is 0 Å². The van der Waals surface area contributed by atoms with Gasteiger partial charge in [0.1, 0.15) is 0 Å². The second-order valence-corrected chi connectivity index (χ2v) is 3.85. The molecule has 0 bridgehead atoms. The van der Waals surface area contributed by atoms with Crippen molar-refractivity contribution in [1.82, 2.24) is 5.32 Å². The number of nitrogens with one attached hydrogen (secondary N) is 1. The number of hydrogen-bond acceptors (Lipinski definition) is 2. The summed E-state index contributed by atoms with van der Waals surface area (Å²) >= 11 is 0. The first-order valence-electron chi connectivity index (χ1n) is 4.37. The molecule has 11 heavy (non-hydrogen) atoms. The van der Waals surface area contributed by atoms with Crippen molar-refractivity contribution in [2.45, 2.75) is 26.4 Å². The van der Waals surface area contributed by atoms with Gasteiger partial charge in [-0.05, 0) is 18.8 Å². The first-order valence-corrected chi connectivity index (χ1v) is 4.37. The van der Waals surface area contributed by atoms with E-state index < -0.39 is 0 Å². The summed E-state index contributed by atoms with van der Waals surface area (Å²) in [7, 11) is 1.82. The van der Waals surface area contributed by atoms with Crippen LogP contribution in [0.3, 0.4) is 0 Å². The van der Waals surface area contributed by atoms with Crippen LogP contribution in [0.25, 0.3) is 0 Å². The predicted octanol–water partition coefficient (Wildman–Crippen LogP) is 1.27. The van der Waals surface area contributed by atoms with Crippen LogP contribution >= 0.6 is 0 Å². The molecule has 66 valence electrons. The van der Waals surface area contributed by atoms with E-state index in [4.69, 9.17) is 4.74 Å². The summed E-state index contributed by atoms with van der Waals surface area (Å²) in [5.41, 5.74) is 0.0747. The lowest BCUT2D eigenvalue weighted by Gasteiger charge is -2.44. The molecule has 1 saturated heterocycles. The van der Waals surface area contributed by atoms with Crippen LogP contribution in [0, 0.1) is 11.8 Å². The van der Waals surface area contributed by atoms with Gasteiger partial charge in [-0.3, -0.25) is 0 Å². The van der Waals surface area contributed by atoms with E-state index in [1.54, 1.807) is 0 Å². The molecule has 2 heteroatoms. The van der Waals surface area contributed by atoms with Crippen molar-refractivity contribution in [1.29, 1.82) is 0 Å². The number of rotatable bonds is 1. The molecule has 1 rings (SSSR count). The highest BCUT2D eigenvalue weighted by Crippen LogP contribution is 2.31. The zero-order chi connectivity index (χ0) is 8.48. The van der Waals surface area contributed by atoms with Crippen molar-refractivity contribution in [2.75, 3.05) is 20.2 Å². The van der Waals surface area contributed by atoms with E-state index in [1.807, 2.05) is 7.11 Å². The number of methoxy groups -OCH3 is 1. The maximum absolute atomic E-state index is 5.56. The first-order chi connectivity index (χ1) is 5.11. The summed E-state index contributed by atoms with van der Waals surface area (Å²) in [5, 5.41) is 3.39. The quantitative estimate of drug-likeness (QED) is 0.619. The standard InChI is InChI=1S/C9H19NO/c1-7-5-10-6-8(2)9(7,3)11-4/h7-8,10H,5-6H2,1-4H3/t7-,8+,9?. The van der Waals surface area contributed by atoms with E-state index in [1.165, 1.54) is 0 Å². The zero-order valence-electron chi connectivity index (χ0n) is 7.98. The predicted molar refractivity (Wildman–Crippen MR) is 46.6 cm³/mol. The van der Waals surface area contributed by atoms with Crippen LogP contribution in [-0.2, 0) is 4.74 Å². The summed E-state index contributed by atoms with van der Waals surface area (Å²) in [6.45, 7) is 8.85. The molecule has 1 aliphatic rings. The van der Waals surface area contributed by atoms with Crippen molar-refractivity contribution < 1.29 is 4.74 Å². The minimum atomic E-state index is 0.0747. The van der Waals surface area contributed by atoms with Crippen molar-refractivity contribution in [2.24, 2.45) is 11.8 Å². The molecule has 1 aliphatic heterocycles. The molecule has 2 nitrogen and oxygen atoms in total. The molecule has 0 radical (unpaired) electrons. The summed E-state index contributed by atoms with van der Waals surface area (Å²) in [4.78, 5) is 0. The van der Waals surface area contributed by atoms with Crippen LogP contribution in [0.5, 0.6) is 0 Å². The average molecular weight is 157 g/mol. The van der Waals surface area contributed by atoms with Crippen molar-refractivity contribution in [3.05, 3.63) is 0 Å². The zero-order valence-corrected chi connectivity index (χ0v) is 7.98. The highest BCUT2D eigenvalue weighted by molar-refractivity contribution is 4.92. The van der Waals surface area contributed by atoms with Crippen LogP contribution < -0.4 is 5.32 Å². The highest BCUT2D eigenvalue weighted by Gasteiger charge is 2.39.